The van der Waals surface area contributed by atoms with Crippen molar-refractivity contribution in [1.82, 2.24) is 10.6 Å². The quantitative estimate of drug-likeness (QED) is 0.147. The zero-order valence-corrected chi connectivity index (χ0v) is 25.1. The second kappa shape index (κ2) is 15.1. The van der Waals surface area contributed by atoms with Gasteiger partial charge in [0.2, 0.25) is 5.91 Å². The van der Waals surface area contributed by atoms with Crippen LogP contribution in [0.2, 0.25) is 0 Å². The summed E-state index contributed by atoms with van der Waals surface area (Å²) in [7, 11) is 0. The van der Waals surface area contributed by atoms with Crippen LogP contribution in [0.25, 0.3) is 0 Å². The molecule has 1 saturated heterocycles. The normalized spacial score (nSPS) is 17.6. The molecule has 2 amide bonds. The molecule has 3 aromatic rings. The second-order valence-electron chi connectivity index (χ2n) is 10.7. The predicted molar refractivity (Wildman–Crippen MR) is 163 cm³/mol. The molecule has 1 fully saturated rings. The zero-order valence-electron chi connectivity index (χ0n) is 24.3. The van der Waals surface area contributed by atoms with Gasteiger partial charge in [-0.15, -0.1) is 11.8 Å². The number of carbonyl (C=O) groups excluding carboxylic acids is 2. The van der Waals surface area contributed by atoms with Crippen LogP contribution in [-0.4, -0.2) is 64.7 Å². The molecular formula is C32H35F2N3O6S. The molecule has 0 saturated carbocycles. The van der Waals surface area contributed by atoms with E-state index in [0.29, 0.717) is 23.5 Å². The van der Waals surface area contributed by atoms with Crippen LogP contribution in [-0.2, 0) is 14.4 Å². The summed E-state index contributed by atoms with van der Waals surface area (Å²) in [5, 5.41) is 24.9. The molecule has 1 aliphatic heterocycles. The number of β-lactam (4-membered cyclic amide) rings is 1. The van der Waals surface area contributed by atoms with Crippen molar-refractivity contribution in [3.8, 4) is 5.75 Å². The fraction of sp³-hybridized carbons (Fsp3) is 0.344. The number of amides is 2. The van der Waals surface area contributed by atoms with Crippen molar-refractivity contribution < 1.29 is 38.1 Å². The van der Waals surface area contributed by atoms with Crippen molar-refractivity contribution >= 4 is 35.2 Å². The van der Waals surface area contributed by atoms with Crippen molar-refractivity contribution in [3.05, 3.63) is 95.6 Å². The lowest BCUT2D eigenvalue weighted by Crippen LogP contribution is -2.57. The Kier molecular flexibility index (Phi) is 11.3. The van der Waals surface area contributed by atoms with E-state index in [1.807, 2.05) is 0 Å². The number of halogens is 2. The van der Waals surface area contributed by atoms with Gasteiger partial charge in [0.15, 0.2) is 6.61 Å². The van der Waals surface area contributed by atoms with Gasteiger partial charge >= 0.3 is 5.97 Å². The van der Waals surface area contributed by atoms with Crippen LogP contribution in [0, 0.1) is 17.6 Å². The van der Waals surface area contributed by atoms with Gasteiger partial charge in [0.05, 0.1) is 12.1 Å². The number of anilines is 1. The number of carbonyl (C=O) groups is 3. The fourth-order valence-corrected chi connectivity index (χ4v) is 6.11. The molecule has 0 aliphatic carbocycles. The highest BCUT2D eigenvalue weighted by Crippen LogP contribution is 2.46. The van der Waals surface area contributed by atoms with Crippen LogP contribution in [0.3, 0.4) is 0 Å². The first-order chi connectivity index (χ1) is 21.0. The molecule has 44 heavy (non-hydrogen) atoms. The van der Waals surface area contributed by atoms with Gasteiger partial charge in [-0.05, 0) is 65.6 Å². The first kappa shape index (κ1) is 32.9. The molecule has 0 radical (unpaired) electrons. The number of hydrogen-bond acceptors (Lipinski definition) is 7. The third kappa shape index (κ3) is 8.34. The number of ether oxygens (including phenoxy) is 1. The Labute approximate surface area is 258 Å². The molecule has 0 aromatic heterocycles. The maximum atomic E-state index is 13.6. The Bertz CT molecular complexity index is 1420. The molecular weight excluding hydrogens is 592 g/mol. The third-order valence-corrected chi connectivity index (χ3v) is 8.50. The highest BCUT2D eigenvalue weighted by molar-refractivity contribution is 8.00. The smallest absolute Gasteiger partial charge is 0.320 e. The summed E-state index contributed by atoms with van der Waals surface area (Å²) in [6, 6.07) is 17.0. The number of carboxylic acids is 1. The summed E-state index contributed by atoms with van der Waals surface area (Å²) < 4.78 is 32.5. The number of nitrogens with one attached hydrogen (secondary N) is 2. The summed E-state index contributed by atoms with van der Waals surface area (Å²) in [4.78, 5) is 38.3. The average molecular weight is 628 g/mol. The van der Waals surface area contributed by atoms with E-state index in [0.717, 1.165) is 5.56 Å². The van der Waals surface area contributed by atoms with Gasteiger partial charge in [-0.1, -0.05) is 38.1 Å². The lowest BCUT2D eigenvalue weighted by molar-refractivity contribution is -0.140. The molecule has 4 rings (SSSR count). The Morgan fingerprint density at radius 1 is 0.955 bits per heavy atom. The summed E-state index contributed by atoms with van der Waals surface area (Å²) in [6.07, 6.45) is -0.902. The fourth-order valence-electron chi connectivity index (χ4n) is 4.81. The average Bonchev–Trinajstić information content (AvgIpc) is 2.99. The first-order valence-corrected chi connectivity index (χ1v) is 15.2. The van der Waals surface area contributed by atoms with Gasteiger partial charge < -0.3 is 30.5 Å². The minimum absolute atomic E-state index is 0.0998. The monoisotopic (exact) mass is 627 g/mol. The Morgan fingerprint density at radius 3 is 2.16 bits per heavy atom. The van der Waals surface area contributed by atoms with E-state index in [4.69, 9.17) is 4.74 Å². The van der Waals surface area contributed by atoms with E-state index >= 15 is 0 Å². The first-order valence-electron chi connectivity index (χ1n) is 14.1. The summed E-state index contributed by atoms with van der Waals surface area (Å²) in [6.45, 7) is 3.88. The number of hydrogen-bond donors (Lipinski definition) is 4. The van der Waals surface area contributed by atoms with Gasteiger partial charge in [-0.2, -0.15) is 0 Å². The molecule has 1 heterocycles. The zero-order chi connectivity index (χ0) is 31.8. The van der Waals surface area contributed by atoms with E-state index < -0.39 is 41.0 Å². The van der Waals surface area contributed by atoms with Gasteiger partial charge in [-0.3, -0.25) is 14.4 Å². The molecule has 234 valence electrons. The van der Waals surface area contributed by atoms with Crippen LogP contribution < -0.4 is 20.3 Å². The summed E-state index contributed by atoms with van der Waals surface area (Å²) >= 11 is 1.28. The number of thioether (sulfide) groups is 1. The predicted octanol–water partition coefficient (Wildman–Crippen LogP) is 4.08. The van der Waals surface area contributed by atoms with Gasteiger partial charge in [0.1, 0.15) is 28.7 Å². The maximum Gasteiger partial charge on any atom is 0.320 e. The van der Waals surface area contributed by atoms with Crippen molar-refractivity contribution in [2.24, 2.45) is 5.92 Å². The van der Waals surface area contributed by atoms with Gasteiger partial charge in [0, 0.05) is 24.5 Å². The number of benzene rings is 3. The number of aliphatic hydroxyl groups is 1. The van der Waals surface area contributed by atoms with Crippen LogP contribution in [0.15, 0.2) is 72.8 Å². The lowest BCUT2D eigenvalue weighted by atomic mass is 9.92. The number of rotatable bonds is 15. The standard InChI is InChI=1S/C32H35F2N3O6S/c1-19(2)28(32(41)42)36-16-15-35-27(39)17-43-25-13-5-21(6-14-25)29-30(31(40)37(29)24-11-9-23(34)10-12-24)44-18-26(38)20-3-7-22(33)8-4-20/h3-14,19,26,28-30,36,38H,15-18H2,1-2H3,(H,35,39)(H,41,42)/t26?,28-,29-,30+/m1/s1. The van der Waals surface area contributed by atoms with Crippen molar-refractivity contribution in [1.29, 1.82) is 0 Å². The molecule has 0 bridgehead atoms. The van der Waals surface area contributed by atoms with E-state index in [1.54, 1.807) is 43.0 Å². The van der Waals surface area contributed by atoms with Crippen LogP contribution in [0.4, 0.5) is 14.5 Å². The minimum Gasteiger partial charge on any atom is -0.484 e. The molecule has 4 N–H and O–H groups in total. The number of nitrogens with zero attached hydrogens (tertiary/aromatic N) is 1. The van der Waals surface area contributed by atoms with Crippen molar-refractivity contribution in [2.45, 2.75) is 37.3 Å². The van der Waals surface area contributed by atoms with Crippen molar-refractivity contribution in [3.63, 3.8) is 0 Å². The van der Waals surface area contributed by atoms with E-state index in [1.165, 1.54) is 60.3 Å². The van der Waals surface area contributed by atoms with E-state index in [9.17, 15) is 33.4 Å². The van der Waals surface area contributed by atoms with Crippen molar-refractivity contribution in [2.75, 3.05) is 30.3 Å². The SMILES string of the molecule is CC(C)[C@@H](NCCNC(=O)COc1ccc([C@@H]2[C@H](SCC(O)c3ccc(F)cc3)C(=O)N2c2ccc(F)cc2)cc1)C(=O)O. The Balaban J connectivity index is 1.36. The van der Waals surface area contributed by atoms with Crippen LogP contribution in [0.1, 0.15) is 37.1 Å². The van der Waals surface area contributed by atoms with Gasteiger partial charge in [0.25, 0.3) is 5.91 Å². The topological polar surface area (TPSA) is 128 Å². The van der Waals surface area contributed by atoms with E-state index in [2.05, 4.69) is 10.6 Å². The molecule has 12 heteroatoms. The summed E-state index contributed by atoms with van der Waals surface area (Å²) in [5.74, 6) is -1.79. The third-order valence-electron chi connectivity index (χ3n) is 7.17. The highest BCUT2D eigenvalue weighted by atomic mass is 32.2. The van der Waals surface area contributed by atoms with Crippen LogP contribution in [0.5, 0.6) is 5.75 Å². The minimum atomic E-state index is -0.947. The number of carboxylic acid groups (broad SMARTS) is 1. The maximum absolute atomic E-state index is 13.6. The van der Waals surface area contributed by atoms with Crippen LogP contribution >= 0.6 is 11.8 Å². The summed E-state index contributed by atoms with van der Waals surface area (Å²) in [5.41, 5.74) is 1.86. The molecule has 1 unspecified atom stereocenters. The molecule has 0 spiro atoms. The number of aliphatic carboxylic acids is 1. The Hall–Kier alpha value is -4.00. The number of aliphatic hydroxyl groups excluding tert-OH is 1. The highest BCUT2D eigenvalue weighted by Gasteiger charge is 2.49. The largest absolute Gasteiger partial charge is 0.484 e. The van der Waals surface area contributed by atoms with E-state index in [-0.39, 0.29) is 36.6 Å². The van der Waals surface area contributed by atoms with Gasteiger partial charge in [-0.25, -0.2) is 8.78 Å². The molecule has 3 aromatic carbocycles. The molecule has 9 nitrogen and oxygen atoms in total. The second-order valence-corrected chi connectivity index (χ2v) is 11.8. The lowest BCUT2D eigenvalue weighted by Gasteiger charge is -2.47. The molecule has 1 aliphatic rings. The Morgan fingerprint density at radius 2 is 1.57 bits per heavy atom. The molecule has 4 atom stereocenters.